The molecule has 2 heterocycles. The van der Waals surface area contributed by atoms with Gasteiger partial charge in [0.15, 0.2) is 0 Å². The molecule has 2 rings (SSSR count). The van der Waals surface area contributed by atoms with Crippen molar-refractivity contribution in [1.29, 1.82) is 0 Å². The van der Waals surface area contributed by atoms with Crippen molar-refractivity contribution in [2.24, 2.45) is 5.11 Å². The number of H-pyrrole nitrogens is 1. The molecule has 1 aromatic rings. The standard InChI is InChI=1S/C18H25N6O11P/c1-11(22-23-19)33-6-5-32-10-15(26)20-4-2-3-12-8-24(18(28)21-17(12)27)16-7-13(25)14(35-16)9-34-36(29,30)31/h8,11,13-14,16,25H,4-7,9-10H2,1H3,(H,20,26)(H,21,27,28)(H2,29,30,31). The number of aliphatic hydroxyl groups excluding tert-OH is 1. The number of aliphatic hydroxyl groups is 1. The second kappa shape index (κ2) is 13.9. The SMILES string of the molecule is CC(N=[N+]=[N-])OCCOCC(=O)NCC#Cc1cn(C2CC(O)C(COP(=O)(O)O)O2)c(=O)[nH]c1=O. The average Bonchev–Trinajstić information content (AvgIpc) is 3.16. The molecule has 36 heavy (non-hydrogen) atoms. The van der Waals surface area contributed by atoms with E-state index in [1.54, 1.807) is 6.92 Å². The van der Waals surface area contributed by atoms with E-state index in [9.17, 15) is 24.1 Å². The van der Waals surface area contributed by atoms with E-state index >= 15 is 0 Å². The fraction of sp³-hybridized carbons (Fsp3) is 0.611. The van der Waals surface area contributed by atoms with Crippen molar-refractivity contribution in [3.05, 3.63) is 43.0 Å². The molecule has 0 saturated carbocycles. The predicted octanol–water partition coefficient (Wildman–Crippen LogP) is -1.55. The molecule has 1 aromatic heterocycles. The number of phosphoric ester groups is 1. The van der Waals surface area contributed by atoms with Crippen molar-refractivity contribution in [3.63, 3.8) is 0 Å². The number of nitrogens with zero attached hydrogens (tertiary/aromatic N) is 4. The Balaban J connectivity index is 1.88. The third-order valence-electron chi connectivity index (χ3n) is 4.52. The summed E-state index contributed by atoms with van der Waals surface area (Å²) < 4.78 is 31.8. The van der Waals surface area contributed by atoms with E-state index in [0.717, 1.165) is 10.8 Å². The lowest BCUT2D eigenvalue weighted by Crippen LogP contribution is -2.34. The highest BCUT2D eigenvalue weighted by Crippen LogP contribution is 2.38. The van der Waals surface area contributed by atoms with Crippen molar-refractivity contribution in [1.82, 2.24) is 14.9 Å². The van der Waals surface area contributed by atoms with Gasteiger partial charge in [-0.2, -0.15) is 0 Å². The molecule has 18 heteroatoms. The van der Waals surface area contributed by atoms with Gasteiger partial charge in [0.1, 0.15) is 30.7 Å². The molecular formula is C18H25N6O11P. The summed E-state index contributed by atoms with van der Waals surface area (Å²) in [4.78, 5) is 58.2. The number of rotatable bonds is 12. The number of hydrogen-bond acceptors (Lipinski definition) is 10. The molecule has 1 saturated heterocycles. The maximum atomic E-state index is 12.2. The molecule has 1 fully saturated rings. The van der Waals surface area contributed by atoms with Gasteiger partial charge in [-0.25, -0.2) is 9.36 Å². The smallest absolute Gasteiger partial charge is 0.390 e. The van der Waals surface area contributed by atoms with E-state index in [0.29, 0.717) is 0 Å². The summed E-state index contributed by atoms with van der Waals surface area (Å²) in [6, 6.07) is 0. The van der Waals surface area contributed by atoms with Gasteiger partial charge in [0, 0.05) is 17.5 Å². The molecule has 198 valence electrons. The number of amides is 1. The van der Waals surface area contributed by atoms with Crippen LogP contribution in [-0.4, -0.2) is 81.8 Å². The number of aromatic amines is 1. The molecule has 0 aliphatic carbocycles. The fourth-order valence-corrected chi connectivity index (χ4v) is 3.22. The van der Waals surface area contributed by atoms with Gasteiger partial charge in [-0.3, -0.25) is 23.7 Å². The first-order valence-corrected chi connectivity index (χ1v) is 11.9. The van der Waals surface area contributed by atoms with E-state index in [1.165, 1.54) is 0 Å². The number of ether oxygens (including phenoxy) is 3. The van der Waals surface area contributed by atoms with E-state index in [1.807, 2.05) is 0 Å². The maximum absolute atomic E-state index is 12.2. The molecule has 17 nitrogen and oxygen atoms in total. The zero-order chi connectivity index (χ0) is 26.7. The van der Waals surface area contributed by atoms with Gasteiger partial charge in [-0.1, -0.05) is 17.0 Å². The number of nitrogens with one attached hydrogen (secondary N) is 2. The molecule has 1 amide bonds. The number of carbonyl (C=O) groups excluding carboxylic acids is 1. The van der Waals surface area contributed by atoms with Gasteiger partial charge in [-0.05, 0) is 12.5 Å². The Morgan fingerprint density at radius 3 is 2.92 bits per heavy atom. The van der Waals surface area contributed by atoms with E-state index in [4.69, 9.17) is 29.5 Å². The molecule has 0 bridgehead atoms. The van der Waals surface area contributed by atoms with Crippen molar-refractivity contribution in [3.8, 4) is 11.8 Å². The van der Waals surface area contributed by atoms with Crippen molar-refractivity contribution >= 4 is 13.7 Å². The normalized spacial score (nSPS) is 20.2. The maximum Gasteiger partial charge on any atom is 0.469 e. The Kier molecular flexibility index (Phi) is 11.3. The van der Waals surface area contributed by atoms with E-state index < -0.39 is 56.2 Å². The Labute approximate surface area is 203 Å². The lowest BCUT2D eigenvalue weighted by atomic mass is 10.2. The Hall–Kier alpha value is -3.03. The second-order valence-electron chi connectivity index (χ2n) is 7.23. The second-order valence-corrected chi connectivity index (χ2v) is 8.47. The van der Waals surface area contributed by atoms with E-state index in [-0.39, 0.29) is 38.3 Å². The zero-order valence-electron chi connectivity index (χ0n) is 19.0. The minimum Gasteiger partial charge on any atom is -0.390 e. The highest BCUT2D eigenvalue weighted by atomic mass is 31.2. The van der Waals surface area contributed by atoms with Crippen molar-refractivity contribution < 1.29 is 43.0 Å². The first-order chi connectivity index (χ1) is 17.0. The number of azide groups is 1. The van der Waals surface area contributed by atoms with Crippen LogP contribution in [0.4, 0.5) is 0 Å². The Morgan fingerprint density at radius 1 is 1.47 bits per heavy atom. The van der Waals surface area contributed by atoms with Crippen LogP contribution in [0.15, 0.2) is 20.9 Å². The summed E-state index contributed by atoms with van der Waals surface area (Å²) in [5, 5.41) is 15.8. The first kappa shape index (κ1) is 29.2. The van der Waals surface area contributed by atoms with Crippen LogP contribution in [0.25, 0.3) is 10.4 Å². The third-order valence-corrected chi connectivity index (χ3v) is 5.01. The van der Waals surface area contributed by atoms with Crippen LogP contribution in [0.3, 0.4) is 0 Å². The molecule has 4 unspecified atom stereocenters. The molecule has 0 aromatic carbocycles. The zero-order valence-corrected chi connectivity index (χ0v) is 19.9. The molecule has 0 spiro atoms. The topological polar surface area (TPSA) is 247 Å². The lowest BCUT2D eigenvalue weighted by Gasteiger charge is -2.16. The highest BCUT2D eigenvalue weighted by Gasteiger charge is 2.37. The number of carbonyl (C=O) groups is 1. The highest BCUT2D eigenvalue weighted by molar-refractivity contribution is 7.46. The Bertz CT molecular complexity index is 1180. The Morgan fingerprint density at radius 2 is 2.22 bits per heavy atom. The minimum absolute atomic E-state index is 0.0888. The average molecular weight is 532 g/mol. The van der Waals surface area contributed by atoms with Crippen LogP contribution in [0.5, 0.6) is 0 Å². The first-order valence-electron chi connectivity index (χ1n) is 10.4. The minimum atomic E-state index is -4.78. The monoisotopic (exact) mass is 532 g/mol. The van der Waals surface area contributed by atoms with Gasteiger partial charge < -0.3 is 34.4 Å². The summed E-state index contributed by atoms with van der Waals surface area (Å²) in [6.07, 6.45) is -3.01. The number of aromatic nitrogens is 2. The summed E-state index contributed by atoms with van der Waals surface area (Å²) >= 11 is 0. The van der Waals surface area contributed by atoms with Crippen molar-refractivity contribution in [2.75, 3.05) is 33.0 Å². The van der Waals surface area contributed by atoms with Crippen molar-refractivity contribution in [2.45, 2.75) is 38.0 Å². The lowest BCUT2D eigenvalue weighted by molar-refractivity contribution is -0.126. The third kappa shape index (κ3) is 9.91. The van der Waals surface area contributed by atoms with Crippen LogP contribution in [0.2, 0.25) is 0 Å². The summed E-state index contributed by atoms with van der Waals surface area (Å²) in [6.45, 7) is 0.731. The van der Waals surface area contributed by atoms with Crippen LogP contribution in [0.1, 0.15) is 25.1 Å². The predicted molar refractivity (Wildman–Crippen MR) is 119 cm³/mol. The summed E-state index contributed by atoms with van der Waals surface area (Å²) in [5.41, 5.74) is 6.49. The van der Waals surface area contributed by atoms with Gasteiger partial charge in [0.2, 0.25) is 5.91 Å². The van der Waals surface area contributed by atoms with Crippen LogP contribution in [0, 0.1) is 11.8 Å². The fourth-order valence-electron chi connectivity index (χ4n) is 2.88. The number of hydrogen-bond donors (Lipinski definition) is 5. The molecule has 0 radical (unpaired) electrons. The molecular weight excluding hydrogens is 507 g/mol. The summed E-state index contributed by atoms with van der Waals surface area (Å²) in [7, 11) is -4.78. The molecule has 1 aliphatic rings. The van der Waals surface area contributed by atoms with E-state index in [2.05, 4.69) is 36.7 Å². The number of phosphoric acid groups is 1. The van der Waals surface area contributed by atoms with Crippen LogP contribution < -0.4 is 16.6 Å². The van der Waals surface area contributed by atoms with Crippen LogP contribution >= 0.6 is 7.82 Å². The van der Waals surface area contributed by atoms with Gasteiger partial charge in [0.25, 0.3) is 5.56 Å². The van der Waals surface area contributed by atoms with Gasteiger partial charge in [-0.15, -0.1) is 0 Å². The summed E-state index contributed by atoms with van der Waals surface area (Å²) in [5.74, 6) is 4.58. The van der Waals surface area contributed by atoms with Gasteiger partial charge >= 0.3 is 13.5 Å². The largest absolute Gasteiger partial charge is 0.469 e. The van der Waals surface area contributed by atoms with Crippen LogP contribution in [-0.2, 0) is 28.1 Å². The van der Waals surface area contributed by atoms with Gasteiger partial charge in [0.05, 0.1) is 32.5 Å². The molecule has 5 N–H and O–H groups in total. The molecule has 4 atom stereocenters. The quantitative estimate of drug-likeness (QED) is 0.0515. The molecule has 1 aliphatic heterocycles.